The third kappa shape index (κ3) is 4.22. The Morgan fingerprint density at radius 2 is 2.10 bits per heavy atom. The van der Waals surface area contributed by atoms with Crippen LogP contribution in [0.3, 0.4) is 0 Å². The summed E-state index contributed by atoms with van der Waals surface area (Å²) < 4.78 is 45.0. The number of aromatic nitrogens is 2. The molecule has 1 aliphatic rings. The highest BCUT2D eigenvalue weighted by molar-refractivity contribution is 7.17. The summed E-state index contributed by atoms with van der Waals surface area (Å²) in [7, 11) is 1.25. The Labute approximate surface area is 174 Å². The van der Waals surface area contributed by atoms with Crippen LogP contribution in [0.2, 0.25) is 0 Å². The van der Waals surface area contributed by atoms with Gasteiger partial charge in [-0.2, -0.15) is 18.3 Å². The first-order chi connectivity index (χ1) is 14.1. The highest BCUT2D eigenvalue weighted by Gasteiger charge is 2.38. The fraction of sp³-hybridized carbons (Fsp3) is 0.526. The van der Waals surface area contributed by atoms with E-state index in [0.29, 0.717) is 22.9 Å². The molecule has 0 bridgehead atoms. The van der Waals surface area contributed by atoms with Gasteiger partial charge in [-0.15, -0.1) is 11.3 Å². The molecule has 3 rings (SSSR count). The number of aliphatic hydroxyl groups is 1. The number of carbonyl (C=O) groups excluding carboxylic acids is 2. The molecule has 0 saturated heterocycles. The number of ether oxygens (including phenoxy) is 1. The van der Waals surface area contributed by atoms with Crippen LogP contribution in [0, 0.1) is 12.8 Å². The summed E-state index contributed by atoms with van der Waals surface area (Å²) in [5.41, 5.74) is -0.313. The van der Waals surface area contributed by atoms with Crippen molar-refractivity contribution < 1.29 is 32.6 Å². The Bertz CT molecular complexity index is 981. The number of carbonyl (C=O) groups is 2. The first kappa shape index (κ1) is 22.3. The fourth-order valence-corrected chi connectivity index (χ4v) is 5.06. The van der Waals surface area contributed by atoms with Gasteiger partial charge in [-0.1, -0.05) is 6.92 Å². The molecule has 0 saturated carbocycles. The van der Waals surface area contributed by atoms with Gasteiger partial charge in [0.05, 0.1) is 25.0 Å². The highest BCUT2D eigenvalue weighted by atomic mass is 32.1. The second-order valence-corrected chi connectivity index (χ2v) is 8.43. The average molecular weight is 445 g/mol. The number of fused-ring (bicyclic) bond motifs is 1. The molecule has 11 heteroatoms. The summed E-state index contributed by atoms with van der Waals surface area (Å²) in [6.45, 7) is 2.07. The molecule has 30 heavy (non-hydrogen) atoms. The van der Waals surface area contributed by atoms with Crippen molar-refractivity contribution in [1.82, 2.24) is 9.78 Å². The van der Waals surface area contributed by atoms with Crippen molar-refractivity contribution in [2.24, 2.45) is 5.92 Å². The summed E-state index contributed by atoms with van der Waals surface area (Å²) in [4.78, 5) is 25.9. The van der Waals surface area contributed by atoms with Gasteiger partial charge >= 0.3 is 12.1 Å². The zero-order valence-electron chi connectivity index (χ0n) is 16.7. The largest absolute Gasteiger partial charge is 0.465 e. The van der Waals surface area contributed by atoms with Gasteiger partial charge in [0.15, 0.2) is 5.69 Å². The standard InChI is InChI=1S/C19H22F3N3O4S/c1-9-4-5-11-13(6-9)30-17(15(11)18(28)29-3)23-14(27)7-25-12(8-26)10(2)16(24-25)19(20,21)22/h9,26H,4-8H2,1-3H3,(H,23,27). The molecule has 164 valence electrons. The Morgan fingerprint density at radius 3 is 2.70 bits per heavy atom. The second kappa shape index (κ2) is 8.38. The monoisotopic (exact) mass is 445 g/mol. The first-order valence-corrected chi connectivity index (χ1v) is 10.2. The molecule has 1 aliphatic carbocycles. The number of aliphatic hydroxyl groups excluding tert-OH is 1. The minimum absolute atomic E-state index is 0.0926. The van der Waals surface area contributed by atoms with E-state index in [4.69, 9.17) is 4.74 Å². The average Bonchev–Trinajstić information content (AvgIpc) is 3.17. The SMILES string of the molecule is COC(=O)c1c(NC(=O)Cn2nc(C(F)(F)F)c(C)c2CO)sc2c1CCC(C)C2. The predicted molar refractivity (Wildman–Crippen MR) is 103 cm³/mol. The van der Waals surface area contributed by atoms with E-state index in [1.54, 1.807) is 0 Å². The Morgan fingerprint density at radius 1 is 1.40 bits per heavy atom. The number of anilines is 1. The summed E-state index contributed by atoms with van der Waals surface area (Å²) in [6, 6.07) is 0. The molecule has 1 atom stereocenters. The normalized spacial score (nSPS) is 16.3. The van der Waals surface area contributed by atoms with Crippen LogP contribution in [0.15, 0.2) is 0 Å². The molecule has 2 heterocycles. The van der Waals surface area contributed by atoms with E-state index >= 15 is 0 Å². The molecule has 2 aromatic heterocycles. The third-order valence-electron chi connectivity index (χ3n) is 5.19. The summed E-state index contributed by atoms with van der Waals surface area (Å²) in [6.07, 6.45) is -2.32. The summed E-state index contributed by atoms with van der Waals surface area (Å²) in [5, 5.41) is 15.8. The van der Waals surface area contributed by atoms with Gasteiger partial charge in [-0.05, 0) is 37.7 Å². The Hall–Kier alpha value is -2.40. The van der Waals surface area contributed by atoms with E-state index < -0.39 is 36.9 Å². The molecule has 1 unspecified atom stereocenters. The number of amides is 1. The van der Waals surface area contributed by atoms with Gasteiger partial charge in [0, 0.05) is 10.4 Å². The zero-order chi connectivity index (χ0) is 22.2. The van der Waals surface area contributed by atoms with Gasteiger partial charge in [0.2, 0.25) is 5.91 Å². The maximum atomic E-state index is 13.1. The molecule has 0 aliphatic heterocycles. The smallest absolute Gasteiger partial charge is 0.435 e. The first-order valence-electron chi connectivity index (χ1n) is 9.33. The van der Waals surface area contributed by atoms with Crippen LogP contribution in [-0.4, -0.2) is 33.9 Å². The number of thiophene rings is 1. The lowest BCUT2D eigenvalue weighted by molar-refractivity contribution is -0.142. The van der Waals surface area contributed by atoms with Gasteiger partial charge in [-0.25, -0.2) is 4.79 Å². The minimum atomic E-state index is -4.70. The molecular formula is C19H22F3N3O4S. The van der Waals surface area contributed by atoms with Crippen molar-refractivity contribution >= 4 is 28.2 Å². The molecule has 0 fully saturated rings. The zero-order valence-corrected chi connectivity index (χ0v) is 17.5. The van der Waals surface area contributed by atoms with Crippen molar-refractivity contribution in [1.29, 1.82) is 0 Å². The van der Waals surface area contributed by atoms with Crippen LogP contribution in [0.5, 0.6) is 0 Å². The molecule has 2 N–H and O–H groups in total. The van der Waals surface area contributed by atoms with Crippen molar-refractivity contribution in [3.8, 4) is 0 Å². The number of alkyl halides is 3. The molecule has 7 nitrogen and oxygen atoms in total. The summed E-state index contributed by atoms with van der Waals surface area (Å²) in [5.74, 6) is -0.773. The number of esters is 1. The number of halogens is 3. The van der Waals surface area contributed by atoms with E-state index in [1.807, 2.05) is 0 Å². The van der Waals surface area contributed by atoms with Gasteiger partial charge < -0.3 is 15.2 Å². The van der Waals surface area contributed by atoms with E-state index in [-0.39, 0.29) is 11.3 Å². The maximum Gasteiger partial charge on any atom is 0.435 e. The van der Waals surface area contributed by atoms with E-state index in [2.05, 4.69) is 17.3 Å². The van der Waals surface area contributed by atoms with Crippen molar-refractivity contribution in [3.05, 3.63) is 33.0 Å². The molecule has 1 amide bonds. The number of rotatable bonds is 5. The van der Waals surface area contributed by atoms with E-state index in [0.717, 1.165) is 28.0 Å². The van der Waals surface area contributed by atoms with Crippen molar-refractivity contribution in [2.45, 2.75) is 52.4 Å². The van der Waals surface area contributed by atoms with E-state index in [9.17, 15) is 27.9 Å². The van der Waals surface area contributed by atoms with Crippen LogP contribution >= 0.6 is 11.3 Å². The number of methoxy groups -OCH3 is 1. The number of nitrogens with zero attached hydrogens (tertiary/aromatic N) is 2. The maximum absolute atomic E-state index is 13.1. The van der Waals surface area contributed by atoms with Crippen LogP contribution in [0.25, 0.3) is 0 Å². The van der Waals surface area contributed by atoms with Crippen molar-refractivity contribution in [2.75, 3.05) is 12.4 Å². The van der Waals surface area contributed by atoms with Crippen LogP contribution in [0.4, 0.5) is 18.2 Å². The van der Waals surface area contributed by atoms with Crippen LogP contribution < -0.4 is 5.32 Å². The fourth-order valence-electron chi connectivity index (χ4n) is 3.65. The quantitative estimate of drug-likeness (QED) is 0.689. The second-order valence-electron chi connectivity index (χ2n) is 7.33. The molecule has 0 radical (unpaired) electrons. The van der Waals surface area contributed by atoms with Gasteiger partial charge in [0.25, 0.3) is 0 Å². The summed E-state index contributed by atoms with van der Waals surface area (Å²) >= 11 is 1.28. The van der Waals surface area contributed by atoms with E-state index in [1.165, 1.54) is 25.4 Å². The van der Waals surface area contributed by atoms with Crippen LogP contribution in [-0.2, 0) is 41.7 Å². The lowest BCUT2D eigenvalue weighted by Gasteiger charge is -2.18. The number of nitrogens with one attached hydrogen (secondary N) is 1. The highest BCUT2D eigenvalue weighted by Crippen LogP contribution is 2.40. The third-order valence-corrected chi connectivity index (χ3v) is 6.36. The predicted octanol–water partition coefficient (Wildman–Crippen LogP) is 3.31. The van der Waals surface area contributed by atoms with Crippen LogP contribution in [0.1, 0.15) is 51.1 Å². The molecular weight excluding hydrogens is 423 g/mol. The van der Waals surface area contributed by atoms with Crippen molar-refractivity contribution in [3.63, 3.8) is 0 Å². The van der Waals surface area contributed by atoms with Gasteiger partial charge in [-0.3, -0.25) is 9.48 Å². The Balaban J connectivity index is 1.88. The number of hydrogen-bond acceptors (Lipinski definition) is 6. The topological polar surface area (TPSA) is 93.5 Å². The van der Waals surface area contributed by atoms with Gasteiger partial charge in [0.1, 0.15) is 11.5 Å². The minimum Gasteiger partial charge on any atom is -0.465 e. The molecule has 0 aromatic carbocycles. The molecule has 0 spiro atoms. The Kier molecular flexibility index (Phi) is 6.23. The number of hydrogen-bond donors (Lipinski definition) is 2. The lowest BCUT2D eigenvalue weighted by atomic mass is 9.88. The lowest BCUT2D eigenvalue weighted by Crippen LogP contribution is -2.22. The molecule has 2 aromatic rings.